The van der Waals surface area contributed by atoms with E-state index in [0.29, 0.717) is 19.1 Å². The average molecular weight is 345 g/mol. The fourth-order valence-corrected chi connectivity index (χ4v) is 4.74. The number of carbonyl (C=O) groups is 1. The Morgan fingerprint density at radius 2 is 2.00 bits per heavy atom. The van der Waals surface area contributed by atoms with E-state index in [1.807, 2.05) is 32.5 Å². The Hall–Kier alpha value is -0.460. The smallest absolute Gasteiger partial charge is 0.410 e. The minimum Gasteiger partial charge on any atom is -0.444 e. The molecular formula is C17H32N2O3S. The molecule has 2 saturated heterocycles. The number of ether oxygens (including phenoxy) is 2. The number of thioether (sulfide) groups is 1. The molecule has 6 heteroatoms. The maximum absolute atomic E-state index is 12.3. The van der Waals surface area contributed by atoms with Crippen LogP contribution in [0, 0.1) is 5.41 Å². The molecule has 0 radical (unpaired) electrons. The van der Waals surface area contributed by atoms with Gasteiger partial charge in [-0.3, -0.25) is 0 Å². The van der Waals surface area contributed by atoms with Crippen LogP contribution in [0.4, 0.5) is 4.79 Å². The van der Waals surface area contributed by atoms with Crippen LogP contribution in [0.2, 0.25) is 0 Å². The summed E-state index contributed by atoms with van der Waals surface area (Å²) in [5.41, 5.74) is -0.184. The number of likely N-dealkylation sites (tertiary alicyclic amines) is 1. The first-order chi connectivity index (χ1) is 10.6. The second kappa shape index (κ2) is 7.19. The highest BCUT2D eigenvalue weighted by atomic mass is 32.2. The summed E-state index contributed by atoms with van der Waals surface area (Å²) >= 11 is 2.00. The molecule has 2 fully saturated rings. The predicted octanol–water partition coefficient (Wildman–Crippen LogP) is 2.74. The number of rotatable bonds is 3. The molecule has 0 aliphatic carbocycles. The van der Waals surface area contributed by atoms with E-state index in [0.717, 1.165) is 5.75 Å². The van der Waals surface area contributed by atoms with Gasteiger partial charge in [-0.15, -0.1) is 0 Å². The predicted molar refractivity (Wildman–Crippen MR) is 95.0 cm³/mol. The van der Waals surface area contributed by atoms with Gasteiger partial charge < -0.3 is 19.7 Å². The normalized spacial score (nSPS) is 31.2. The quantitative estimate of drug-likeness (QED) is 0.853. The standard InChI is InChI=1S/C17H32N2O3S/c1-16(2,3)22-15(20)19-9-12(13(10-19)21-6)18-14-11-23-8-7-17(14,4)5/h12-14,18H,7-11H2,1-6H3/t12?,13-,14?/m0/s1. The summed E-state index contributed by atoms with van der Waals surface area (Å²) in [5, 5.41) is 3.76. The molecule has 2 unspecified atom stereocenters. The second-order valence-corrected chi connectivity index (χ2v) is 9.45. The zero-order chi connectivity index (χ0) is 17.3. The summed E-state index contributed by atoms with van der Waals surface area (Å²) in [7, 11) is 1.72. The number of carbonyl (C=O) groups excluding carboxylic acids is 1. The first kappa shape index (κ1) is 18.9. The van der Waals surface area contributed by atoms with E-state index in [4.69, 9.17) is 9.47 Å². The Morgan fingerprint density at radius 1 is 1.30 bits per heavy atom. The fourth-order valence-electron chi connectivity index (χ4n) is 3.12. The Balaban J connectivity index is 1.97. The highest BCUT2D eigenvalue weighted by Crippen LogP contribution is 2.35. The molecule has 2 rings (SSSR count). The first-order valence-corrected chi connectivity index (χ1v) is 9.62. The van der Waals surface area contributed by atoms with Crippen molar-refractivity contribution < 1.29 is 14.3 Å². The van der Waals surface area contributed by atoms with E-state index >= 15 is 0 Å². The van der Waals surface area contributed by atoms with Crippen molar-refractivity contribution in [3.05, 3.63) is 0 Å². The van der Waals surface area contributed by atoms with Gasteiger partial charge in [-0.05, 0) is 38.4 Å². The molecule has 0 aromatic heterocycles. The largest absolute Gasteiger partial charge is 0.444 e. The van der Waals surface area contributed by atoms with E-state index in [1.54, 1.807) is 12.0 Å². The Labute approximate surface area is 144 Å². The van der Waals surface area contributed by atoms with Crippen molar-refractivity contribution in [1.29, 1.82) is 0 Å². The van der Waals surface area contributed by atoms with Crippen molar-refractivity contribution in [2.24, 2.45) is 5.41 Å². The van der Waals surface area contributed by atoms with Crippen molar-refractivity contribution in [2.45, 2.75) is 64.8 Å². The van der Waals surface area contributed by atoms with Gasteiger partial charge in [0, 0.05) is 25.4 Å². The van der Waals surface area contributed by atoms with Crippen LogP contribution < -0.4 is 5.32 Å². The molecule has 5 nitrogen and oxygen atoms in total. The number of nitrogens with zero attached hydrogens (tertiary/aromatic N) is 1. The molecule has 0 aromatic rings. The summed E-state index contributed by atoms with van der Waals surface area (Å²) < 4.78 is 11.1. The number of amides is 1. The van der Waals surface area contributed by atoms with Crippen LogP contribution >= 0.6 is 11.8 Å². The van der Waals surface area contributed by atoms with Gasteiger partial charge in [-0.2, -0.15) is 11.8 Å². The lowest BCUT2D eigenvalue weighted by atomic mass is 9.82. The minimum atomic E-state index is -0.465. The molecule has 2 aliphatic rings. The van der Waals surface area contributed by atoms with Gasteiger partial charge in [0.25, 0.3) is 0 Å². The molecule has 0 bridgehead atoms. The SMILES string of the molecule is CO[C@H]1CN(C(=O)OC(C)(C)C)CC1NC1CSCCC1(C)C. The fraction of sp³-hybridized carbons (Fsp3) is 0.941. The summed E-state index contributed by atoms with van der Waals surface area (Å²) in [4.78, 5) is 14.1. The van der Waals surface area contributed by atoms with Crippen LogP contribution in [0.1, 0.15) is 41.0 Å². The number of nitrogens with one attached hydrogen (secondary N) is 1. The number of hydrogen-bond acceptors (Lipinski definition) is 5. The van der Waals surface area contributed by atoms with E-state index < -0.39 is 5.60 Å². The van der Waals surface area contributed by atoms with E-state index in [9.17, 15) is 4.79 Å². The molecule has 134 valence electrons. The van der Waals surface area contributed by atoms with Crippen LogP contribution in [-0.4, -0.2) is 66.5 Å². The molecular weight excluding hydrogens is 312 g/mol. The first-order valence-electron chi connectivity index (χ1n) is 8.47. The van der Waals surface area contributed by atoms with E-state index in [-0.39, 0.29) is 23.7 Å². The summed E-state index contributed by atoms with van der Waals surface area (Å²) in [6, 6.07) is 0.609. The average Bonchev–Trinajstić information content (AvgIpc) is 2.82. The molecule has 1 amide bonds. The van der Waals surface area contributed by atoms with Crippen LogP contribution in [0.5, 0.6) is 0 Å². The molecule has 2 aliphatic heterocycles. The molecule has 3 atom stereocenters. The molecule has 23 heavy (non-hydrogen) atoms. The second-order valence-electron chi connectivity index (χ2n) is 8.30. The zero-order valence-electron chi connectivity index (χ0n) is 15.3. The van der Waals surface area contributed by atoms with Crippen molar-refractivity contribution in [3.63, 3.8) is 0 Å². The molecule has 0 aromatic carbocycles. The lowest BCUT2D eigenvalue weighted by molar-refractivity contribution is 0.0252. The van der Waals surface area contributed by atoms with Gasteiger partial charge in [-0.1, -0.05) is 13.8 Å². The topological polar surface area (TPSA) is 50.8 Å². The van der Waals surface area contributed by atoms with Gasteiger partial charge in [-0.25, -0.2) is 4.79 Å². The van der Waals surface area contributed by atoms with Crippen LogP contribution in [0.15, 0.2) is 0 Å². The highest BCUT2D eigenvalue weighted by Gasteiger charge is 2.41. The van der Waals surface area contributed by atoms with Gasteiger partial charge in [0.2, 0.25) is 0 Å². The van der Waals surface area contributed by atoms with Crippen molar-refractivity contribution >= 4 is 17.9 Å². The van der Waals surface area contributed by atoms with Crippen LogP contribution in [0.25, 0.3) is 0 Å². The zero-order valence-corrected chi connectivity index (χ0v) is 16.2. The molecule has 0 spiro atoms. The third-order valence-electron chi connectivity index (χ3n) is 4.75. The van der Waals surface area contributed by atoms with Gasteiger partial charge in [0.15, 0.2) is 0 Å². The highest BCUT2D eigenvalue weighted by molar-refractivity contribution is 7.99. The summed E-state index contributed by atoms with van der Waals surface area (Å²) in [5.74, 6) is 2.35. The molecule has 2 heterocycles. The van der Waals surface area contributed by atoms with Crippen molar-refractivity contribution in [1.82, 2.24) is 10.2 Å². The molecule has 1 N–H and O–H groups in total. The third kappa shape index (κ3) is 5.00. The maximum Gasteiger partial charge on any atom is 0.410 e. The van der Waals surface area contributed by atoms with Gasteiger partial charge in [0.1, 0.15) is 5.60 Å². The lowest BCUT2D eigenvalue weighted by Crippen LogP contribution is -2.54. The van der Waals surface area contributed by atoms with Crippen LogP contribution in [0.3, 0.4) is 0 Å². The maximum atomic E-state index is 12.3. The van der Waals surface area contributed by atoms with Gasteiger partial charge in [0.05, 0.1) is 18.7 Å². The van der Waals surface area contributed by atoms with E-state index in [2.05, 4.69) is 19.2 Å². The van der Waals surface area contributed by atoms with E-state index in [1.165, 1.54) is 12.2 Å². The monoisotopic (exact) mass is 344 g/mol. The molecule has 0 saturated carbocycles. The van der Waals surface area contributed by atoms with Crippen LogP contribution in [-0.2, 0) is 9.47 Å². The van der Waals surface area contributed by atoms with Crippen molar-refractivity contribution in [3.8, 4) is 0 Å². The minimum absolute atomic E-state index is 0.0187. The Bertz CT molecular complexity index is 423. The summed E-state index contributed by atoms with van der Waals surface area (Å²) in [6.07, 6.45) is 0.988. The Kier molecular flexibility index (Phi) is 5.90. The number of hydrogen-bond donors (Lipinski definition) is 1. The number of methoxy groups -OCH3 is 1. The van der Waals surface area contributed by atoms with Gasteiger partial charge >= 0.3 is 6.09 Å². The summed E-state index contributed by atoms with van der Waals surface area (Å²) in [6.45, 7) is 11.6. The van der Waals surface area contributed by atoms with Crippen molar-refractivity contribution in [2.75, 3.05) is 31.7 Å². The third-order valence-corrected chi connectivity index (χ3v) is 5.82. The Morgan fingerprint density at radius 3 is 2.57 bits per heavy atom. The lowest BCUT2D eigenvalue weighted by Gasteiger charge is -2.41.